The summed E-state index contributed by atoms with van der Waals surface area (Å²) in [6.45, 7) is 1.91. The Hall–Kier alpha value is -2.62. The topological polar surface area (TPSA) is 72.0 Å². The summed E-state index contributed by atoms with van der Waals surface area (Å²) in [5.74, 6) is 0.540. The number of nitrogen functional groups attached to an aromatic ring is 1. The first-order valence-electron chi connectivity index (χ1n) is 5.97. The molecular formula is C15H13N3O. The molecule has 0 fully saturated rings. The Morgan fingerprint density at radius 1 is 1.00 bits per heavy atom. The first kappa shape index (κ1) is 11.5. The van der Waals surface area contributed by atoms with Crippen LogP contribution in [0.3, 0.4) is 0 Å². The number of nitrogens with zero attached hydrogens (tertiary/aromatic N) is 2. The van der Waals surface area contributed by atoms with Crippen LogP contribution in [0.2, 0.25) is 0 Å². The van der Waals surface area contributed by atoms with E-state index >= 15 is 0 Å². The van der Waals surface area contributed by atoms with Gasteiger partial charge in [0.2, 0.25) is 5.95 Å². The molecule has 0 bridgehead atoms. The van der Waals surface area contributed by atoms with E-state index in [0.29, 0.717) is 0 Å². The lowest BCUT2D eigenvalue weighted by atomic mass is 10.0. The fraction of sp³-hybridized carbons (Fsp3) is 0.0667. The molecule has 0 saturated carbocycles. The molecule has 0 saturated heterocycles. The van der Waals surface area contributed by atoms with Gasteiger partial charge in [-0.1, -0.05) is 18.2 Å². The summed E-state index contributed by atoms with van der Waals surface area (Å²) in [6.07, 6.45) is 0. The Labute approximate surface area is 110 Å². The standard InChI is InChI=1S/C15H13N3O/c1-9-13-8-11(10-3-2-4-12(19)7-10)5-6-14(13)18-15(16)17-9/h2-8,19H,1H3,(H2,16,17,18). The highest BCUT2D eigenvalue weighted by Crippen LogP contribution is 2.27. The maximum Gasteiger partial charge on any atom is 0.220 e. The van der Waals surface area contributed by atoms with Crippen LogP contribution in [0.5, 0.6) is 5.75 Å². The fourth-order valence-corrected chi connectivity index (χ4v) is 2.17. The number of hydrogen-bond donors (Lipinski definition) is 2. The molecule has 0 aliphatic heterocycles. The number of anilines is 1. The molecule has 19 heavy (non-hydrogen) atoms. The minimum atomic E-state index is 0.253. The van der Waals surface area contributed by atoms with Gasteiger partial charge >= 0.3 is 0 Å². The van der Waals surface area contributed by atoms with E-state index in [2.05, 4.69) is 9.97 Å². The van der Waals surface area contributed by atoms with E-state index in [0.717, 1.165) is 27.7 Å². The number of phenols is 1. The summed E-state index contributed by atoms with van der Waals surface area (Å²) >= 11 is 0. The van der Waals surface area contributed by atoms with Crippen LogP contribution in [0.25, 0.3) is 22.0 Å². The quantitative estimate of drug-likeness (QED) is 0.697. The Bertz CT molecular complexity index is 768. The van der Waals surface area contributed by atoms with Gasteiger partial charge < -0.3 is 10.8 Å². The highest BCUT2D eigenvalue weighted by atomic mass is 16.3. The van der Waals surface area contributed by atoms with Crippen LogP contribution in [0.1, 0.15) is 5.69 Å². The predicted molar refractivity (Wildman–Crippen MR) is 75.8 cm³/mol. The number of aromatic hydroxyl groups is 1. The van der Waals surface area contributed by atoms with E-state index in [-0.39, 0.29) is 11.7 Å². The van der Waals surface area contributed by atoms with Crippen molar-refractivity contribution in [1.82, 2.24) is 9.97 Å². The number of phenolic OH excluding ortho intramolecular Hbond substituents is 1. The van der Waals surface area contributed by atoms with E-state index in [1.54, 1.807) is 12.1 Å². The highest BCUT2D eigenvalue weighted by molar-refractivity contribution is 5.86. The van der Waals surface area contributed by atoms with Crippen molar-refractivity contribution in [1.29, 1.82) is 0 Å². The van der Waals surface area contributed by atoms with Gasteiger partial charge in [-0.3, -0.25) is 0 Å². The molecule has 2 aromatic carbocycles. The van der Waals surface area contributed by atoms with Crippen molar-refractivity contribution in [2.75, 3.05) is 5.73 Å². The largest absolute Gasteiger partial charge is 0.508 e. The van der Waals surface area contributed by atoms with Gasteiger partial charge in [0.15, 0.2) is 0 Å². The van der Waals surface area contributed by atoms with Gasteiger partial charge in [-0.15, -0.1) is 0 Å². The number of hydrogen-bond acceptors (Lipinski definition) is 4. The lowest BCUT2D eigenvalue weighted by molar-refractivity contribution is 0.475. The van der Waals surface area contributed by atoms with Crippen molar-refractivity contribution in [3.05, 3.63) is 48.2 Å². The van der Waals surface area contributed by atoms with Crippen LogP contribution >= 0.6 is 0 Å². The second kappa shape index (κ2) is 4.24. The summed E-state index contributed by atoms with van der Waals surface area (Å²) in [6, 6.07) is 13.0. The number of benzene rings is 2. The first-order valence-corrected chi connectivity index (χ1v) is 5.97. The minimum Gasteiger partial charge on any atom is -0.508 e. The van der Waals surface area contributed by atoms with E-state index in [4.69, 9.17) is 5.73 Å². The summed E-state index contributed by atoms with van der Waals surface area (Å²) in [4.78, 5) is 8.38. The Morgan fingerprint density at radius 2 is 1.79 bits per heavy atom. The summed E-state index contributed by atoms with van der Waals surface area (Å²) in [5.41, 5.74) is 9.29. The molecule has 3 aromatic rings. The van der Waals surface area contributed by atoms with Gasteiger partial charge in [0.05, 0.1) is 11.2 Å². The smallest absolute Gasteiger partial charge is 0.220 e. The molecule has 0 aliphatic rings. The molecule has 1 aromatic heterocycles. The maximum absolute atomic E-state index is 9.54. The number of nitrogens with two attached hydrogens (primary N) is 1. The zero-order chi connectivity index (χ0) is 13.4. The normalized spacial score (nSPS) is 10.8. The highest BCUT2D eigenvalue weighted by Gasteiger charge is 2.05. The minimum absolute atomic E-state index is 0.253. The van der Waals surface area contributed by atoms with E-state index in [1.165, 1.54) is 0 Å². The number of aryl methyl sites for hydroxylation is 1. The molecule has 4 nitrogen and oxygen atoms in total. The molecule has 0 unspecified atom stereocenters. The number of aromatic nitrogens is 2. The van der Waals surface area contributed by atoms with Gasteiger partial charge in [-0.05, 0) is 42.3 Å². The van der Waals surface area contributed by atoms with E-state index in [1.807, 2.05) is 37.3 Å². The third-order valence-corrected chi connectivity index (χ3v) is 3.08. The van der Waals surface area contributed by atoms with Crippen molar-refractivity contribution in [2.24, 2.45) is 0 Å². The molecule has 0 atom stereocenters. The summed E-state index contributed by atoms with van der Waals surface area (Å²) in [5, 5.41) is 10.5. The number of rotatable bonds is 1. The lowest BCUT2D eigenvalue weighted by Gasteiger charge is -2.06. The van der Waals surface area contributed by atoms with Crippen molar-refractivity contribution in [3.8, 4) is 16.9 Å². The molecule has 0 aliphatic carbocycles. The van der Waals surface area contributed by atoms with Crippen LogP contribution in [-0.2, 0) is 0 Å². The summed E-state index contributed by atoms with van der Waals surface area (Å²) < 4.78 is 0. The van der Waals surface area contributed by atoms with Crippen molar-refractivity contribution >= 4 is 16.9 Å². The van der Waals surface area contributed by atoms with Crippen LogP contribution in [0.15, 0.2) is 42.5 Å². The molecule has 4 heteroatoms. The Kier molecular flexibility index (Phi) is 2.56. The first-order chi connectivity index (χ1) is 9.13. The second-order valence-electron chi connectivity index (χ2n) is 4.45. The summed E-state index contributed by atoms with van der Waals surface area (Å²) in [7, 11) is 0. The van der Waals surface area contributed by atoms with Gasteiger partial charge in [-0.25, -0.2) is 9.97 Å². The molecule has 1 heterocycles. The van der Waals surface area contributed by atoms with Gasteiger partial charge in [0.25, 0.3) is 0 Å². The molecular weight excluding hydrogens is 238 g/mol. The third-order valence-electron chi connectivity index (χ3n) is 3.08. The van der Waals surface area contributed by atoms with Gasteiger partial charge in [0, 0.05) is 5.39 Å². The zero-order valence-electron chi connectivity index (χ0n) is 10.5. The average Bonchev–Trinajstić information content (AvgIpc) is 2.38. The molecule has 94 valence electrons. The monoisotopic (exact) mass is 251 g/mol. The molecule has 0 spiro atoms. The third kappa shape index (κ3) is 2.08. The Balaban J connectivity index is 2.22. The maximum atomic E-state index is 9.54. The van der Waals surface area contributed by atoms with Crippen LogP contribution in [0, 0.1) is 6.92 Å². The molecule has 0 amide bonds. The van der Waals surface area contributed by atoms with Crippen LogP contribution in [0.4, 0.5) is 5.95 Å². The molecule has 3 rings (SSSR count). The second-order valence-corrected chi connectivity index (χ2v) is 4.45. The SMILES string of the molecule is Cc1nc(N)nc2ccc(-c3cccc(O)c3)cc12. The lowest BCUT2D eigenvalue weighted by Crippen LogP contribution is -1.97. The molecule has 0 radical (unpaired) electrons. The van der Waals surface area contributed by atoms with Crippen LogP contribution < -0.4 is 5.73 Å². The van der Waals surface area contributed by atoms with Crippen LogP contribution in [-0.4, -0.2) is 15.1 Å². The fourth-order valence-electron chi connectivity index (χ4n) is 2.17. The predicted octanol–water partition coefficient (Wildman–Crippen LogP) is 2.89. The van der Waals surface area contributed by atoms with Gasteiger partial charge in [-0.2, -0.15) is 0 Å². The molecule has 3 N–H and O–H groups in total. The van der Waals surface area contributed by atoms with Crippen molar-refractivity contribution in [2.45, 2.75) is 6.92 Å². The van der Waals surface area contributed by atoms with Crippen molar-refractivity contribution in [3.63, 3.8) is 0 Å². The van der Waals surface area contributed by atoms with Crippen molar-refractivity contribution < 1.29 is 5.11 Å². The van der Waals surface area contributed by atoms with E-state index < -0.39 is 0 Å². The number of fused-ring (bicyclic) bond motifs is 1. The average molecular weight is 251 g/mol. The zero-order valence-corrected chi connectivity index (χ0v) is 10.5. The Morgan fingerprint density at radius 3 is 2.58 bits per heavy atom. The van der Waals surface area contributed by atoms with Gasteiger partial charge in [0.1, 0.15) is 5.75 Å². The van der Waals surface area contributed by atoms with E-state index in [9.17, 15) is 5.11 Å².